The maximum atomic E-state index is 11.1. The van der Waals surface area contributed by atoms with Crippen molar-refractivity contribution < 1.29 is 19.4 Å². The van der Waals surface area contributed by atoms with E-state index in [9.17, 15) is 9.59 Å². The SMILES string of the molecule is O=C(NC(P)C(=O)O)OCc1ccccc1. The lowest BCUT2D eigenvalue weighted by molar-refractivity contribution is -0.136. The third-order valence-electron chi connectivity index (χ3n) is 1.75. The molecule has 0 aromatic heterocycles. The Morgan fingerprint density at radius 2 is 2.00 bits per heavy atom. The molecule has 1 amide bonds. The van der Waals surface area contributed by atoms with Crippen LogP contribution in [0.25, 0.3) is 0 Å². The zero-order chi connectivity index (χ0) is 12.0. The van der Waals surface area contributed by atoms with Gasteiger partial charge in [-0.3, -0.25) is 0 Å². The third-order valence-corrected chi connectivity index (χ3v) is 2.20. The molecule has 2 N–H and O–H groups in total. The lowest BCUT2D eigenvalue weighted by atomic mass is 10.2. The molecule has 0 heterocycles. The monoisotopic (exact) mass is 241 g/mol. The first kappa shape index (κ1) is 12.5. The van der Waals surface area contributed by atoms with Crippen molar-refractivity contribution in [2.45, 2.75) is 12.4 Å². The van der Waals surface area contributed by atoms with E-state index in [4.69, 9.17) is 9.84 Å². The Morgan fingerprint density at radius 3 is 2.56 bits per heavy atom. The Labute approximate surface area is 95.0 Å². The second-order valence-electron chi connectivity index (χ2n) is 3.02. The van der Waals surface area contributed by atoms with Crippen molar-refractivity contribution in [3.05, 3.63) is 35.9 Å². The maximum absolute atomic E-state index is 11.1. The van der Waals surface area contributed by atoms with Crippen LogP contribution in [-0.2, 0) is 16.1 Å². The predicted molar refractivity (Wildman–Crippen MR) is 60.9 cm³/mol. The average Bonchev–Trinajstić information content (AvgIpc) is 2.27. The van der Waals surface area contributed by atoms with Crippen LogP contribution in [-0.4, -0.2) is 23.0 Å². The number of carbonyl (C=O) groups excluding carboxylic acids is 1. The van der Waals surface area contributed by atoms with E-state index in [1.54, 1.807) is 0 Å². The van der Waals surface area contributed by atoms with Crippen molar-refractivity contribution in [1.82, 2.24) is 5.32 Å². The molecule has 0 fully saturated rings. The molecule has 0 spiro atoms. The molecule has 86 valence electrons. The predicted octanol–water partition coefficient (Wildman–Crippen LogP) is 1.20. The topological polar surface area (TPSA) is 75.6 Å². The molecule has 0 saturated carbocycles. The fourth-order valence-corrected chi connectivity index (χ4v) is 1.09. The van der Waals surface area contributed by atoms with Crippen LogP contribution in [0.3, 0.4) is 0 Å². The molecule has 0 aliphatic rings. The summed E-state index contributed by atoms with van der Waals surface area (Å²) in [6.45, 7) is 0.115. The minimum atomic E-state index is -1.14. The van der Waals surface area contributed by atoms with Gasteiger partial charge in [0.2, 0.25) is 0 Å². The fraction of sp³-hybridized carbons (Fsp3) is 0.200. The summed E-state index contributed by atoms with van der Waals surface area (Å²) >= 11 is 0. The first-order valence-electron chi connectivity index (χ1n) is 4.55. The van der Waals surface area contributed by atoms with Gasteiger partial charge in [-0.2, -0.15) is 0 Å². The number of carbonyl (C=O) groups is 2. The summed E-state index contributed by atoms with van der Waals surface area (Å²) in [6, 6.07) is 9.12. The summed E-state index contributed by atoms with van der Waals surface area (Å²) in [6.07, 6.45) is -0.758. The van der Waals surface area contributed by atoms with Crippen LogP contribution in [0.2, 0.25) is 0 Å². The third kappa shape index (κ3) is 4.28. The number of rotatable bonds is 4. The molecule has 5 nitrogen and oxygen atoms in total. The van der Waals surface area contributed by atoms with Crippen molar-refractivity contribution >= 4 is 21.3 Å². The van der Waals surface area contributed by atoms with Gasteiger partial charge < -0.3 is 15.2 Å². The first-order chi connectivity index (χ1) is 7.59. The van der Waals surface area contributed by atoms with Crippen LogP contribution < -0.4 is 5.32 Å². The van der Waals surface area contributed by atoms with E-state index >= 15 is 0 Å². The van der Waals surface area contributed by atoms with E-state index in [1.165, 1.54) is 0 Å². The summed E-state index contributed by atoms with van der Waals surface area (Å²) in [7, 11) is 1.99. The number of benzene rings is 1. The first-order valence-corrected chi connectivity index (χ1v) is 5.22. The van der Waals surface area contributed by atoms with Crippen molar-refractivity contribution in [3.63, 3.8) is 0 Å². The highest BCUT2D eigenvalue weighted by molar-refractivity contribution is 7.19. The highest BCUT2D eigenvalue weighted by Gasteiger charge is 2.14. The van der Waals surface area contributed by atoms with Crippen LogP contribution in [0, 0.1) is 0 Å². The summed E-state index contributed by atoms with van der Waals surface area (Å²) < 4.78 is 4.82. The standard InChI is InChI=1S/C10H12NO4P/c12-9(13)8(16)11-10(14)15-6-7-4-2-1-3-5-7/h1-5,8H,6,16H2,(H,11,14)(H,12,13). The fourth-order valence-electron chi connectivity index (χ4n) is 0.953. The summed E-state index contributed by atoms with van der Waals surface area (Å²) in [5.41, 5.74) is 0.841. The Hall–Kier alpha value is -1.61. The zero-order valence-electron chi connectivity index (χ0n) is 8.42. The number of amides is 1. The van der Waals surface area contributed by atoms with Gasteiger partial charge >= 0.3 is 12.1 Å². The van der Waals surface area contributed by atoms with E-state index in [0.29, 0.717) is 0 Å². The van der Waals surface area contributed by atoms with Gasteiger partial charge in [0.05, 0.1) is 0 Å². The van der Waals surface area contributed by atoms with Gasteiger partial charge in [0.25, 0.3) is 0 Å². The van der Waals surface area contributed by atoms with Gasteiger partial charge in [-0.1, -0.05) is 30.3 Å². The molecule has 2 unspecified atom stereocenters. The average molecular weight is 241 g/mol. The largest absolute Gasteiger partial charge is 0.479 e. The molecule has 1 aromatic rings. The van der Waals surface area contributed by atoms with Gasteiger partial charge in [0, 0.05) is 0 Å². The number of hydrogen-bond donors (Lipinski definition) is 2. The summed E-state index contributed by atoms with van der Waals surface area (Å²) in [4.78, 5) is 21.5. The second-order valence-corrected chi connectivity index (χ2v) is 3.69. The molecule has 16 heavy (non-hydrogen) atoms. The maximum Gasteiger partial charge on any atom is 0.408 e. The van der Waals surface area contributed by atoms with Gasteiger partial charge in [0.15, 0.2) is 0 Å². The zero-order valence-corrected chi connectivity index (χ0v) is 9.58. The number of ether oxygens (including phenoxy) is 1. The van der Waals surface area contributed by atoms with E-state index in [-0.39, 0.29) is 6.61 Å². The molecule has 0 aliphatic heterocycles. The Balaban J connectivity index is 2.33. The van der Waals surface area contributed by atoms with Crippen LogP contribution in [0.15, 0.2) is 30.3 Å². The molecular weight excluding hydrogens is 229 g/mol. The number of hydrogen-bond acceptors (Lipinski definition) is 3. The number of carboxylic acids is 1. The number of carboxylic acid groups (broad SMARTS) is 1. The normalized spacial score (nSPS) is 11.6. The van der Waals surface area contributed by atoms with Crippen molar-refractivity contribution in [1.29, 1.82) is 0 Å². The summed E-state index contributed by atoms with van der Waals surface area (Å²) in [5.74, 6) is -2.18. The lowest BCUT2D eigenvalue weighted by Gasteiger charge is -2.09. The smallest absolute Gasteiger partial charge is 0.408 e. The van der Waals surface area contributed by atoms with Crippen LogP contribution in [0.1, 0.15) is 5.56 Å². The summed E-state index contributed by atoms with van der Waals surface area (Å²) in [5, 5.41) is 10.7. The van der Waals surface area contributed by atoms with E-state index in [2.05, 4.69) is 5.32 Å². The van der Waals surface area contributed by atoms with Crippen molar-refractivity contribution in [2.24, 2.45) is 0 Å². The van der Waals surface area contributed by atoms with Crippen molar-refractivity contribution in [3.8, 4) is 0 Å². The molecule has 6 heteroatoms. The number of alkyl carbamates (subject to hydrolysis) is 1. The molecular formula is C10H12NO4P. The van der Waals surface area contributed by atoms with Crippen LogP contribution >= 0.6 is 9.24 Å². The van der Waals surface area contributed by atoms with Gasteiger partial charge in [0.1, 0.15) is 12.4 Å². The lowest BCUT2D eigenvalue weighted by Crippen LogP contribution is -2.36. The number of aliphatic carboxylic acids is 1. The Bertz CT molecular complexity index is 368. The highest BCUT2D eigenvalue weighted by atomic mass is 31.0. The van der Waals surface area contributed by atoms with Gasteiger partial charge in [-0.15, -0.1) is 9.24 Å². The Morgan fingerprint density at radius 1 is 1.38 bits per heavy atom. The van der Waals surface area contributed by atoms with E-state index in [1.807, 2.05) is 39.6 Å². The molecule has 0 bridgehead atoms. The van der Waals surface area contributed by atoms with Crippen LogP contribution in [0.4, 0.5) is 4.79 Å². The second kappa shape index (κ2) is 6.08. The molecule has 0 saturated heterocycles. The molecule has 1 rings (SSSR count). The highest BCUT2D eigenvalue weighted by Crippen LogP contribution is 2.01. The van der Waals surface area contributed by atoms with Crippen LogP contribution in [0.5, 0.6) is 0 Å². The number of nitrogens with one attached hydrogen (secondary N) is 1. The minimum Gasteiger partial charge on any atom is -0.479 e. The molecule has 0 aliphatic carbocycles. The van der Waals surface area contributed by atoms with E-state index < -0.39 is 17.8 Å². The quantitative estimate of drug-likeness (QED) is 0.776. The van der Waals surface area contributed by atoms with E-state index in [0.717, 1.165) is 5.56 Å². The van der Waals surface area contributed by atoms with Gasteiger partial charge in [-0.05, 0) is 5.56 Å². The van der Waals surface area contributed by atoms with Crippen molar-refractivity contribution in [2.75, 3.05) is 0 Å². The van der Waals surface area contributed by atoms with Gasteiger partial charge in [-0.25, -0.2) is 9.59 Å². The molecule has 1 aromatic carbocycles. The molecule has 2 atom stereocenters. The Kier molecular flexibility index (Phi) is 4.73. The molecule has 0 radical (unpaired) electrons. The minimum absolute atomic E-state index is 0.115.